The number of nitrogens with one attached hydrogen (secondary N) is 1. The van der Waals surface area contributed by atoms with Gasteiger partial charge in [-0.15, -0.1) is 0 Å². The summed E-state index contributed by atoms with van der Waals surface area (Å²) in [4.78, 5) is 15.0. The molecule has 7 heteroatoms. The summed E-state index contributed by atoms with van der Waals surface area (Å²) in [6.45, 7) is 0.437. The molecular formula is C20H18F3NO3. The molecular weight excluding hydrogens is 359 g/mol. The van der Waals surface area contributed by atoms with E-state index in [1.165, 1.54) is 0 Å². The van der Waals surface area contributed by atoms with Crippen LogP contribution in [0.15, 0.2) is 53.5 Å². The number of benzene rings is 2. The first-order valence-corrected chi connectivity index (χ1v) is 8.34. The van der Waals surface area contributed by atoms with Crippen molar-refractivity contribution in [1.82, 2.24) is 4.98 Å². The largest absolute Gasteiger partial charge is 0.491 e. The minimum atomic E-state index is -4.36. The zero-order valence-electron chi connectivity index (χ0n) is 14.6. The first-order valence-electron chi connectivity index (χ1n) is 8.34. The SMILES string of the molecule is Cc1ccccc1-c1c[nH]c(=O)c2cc(OCCOCC(F)(F)F)ccc12. The van der Waals surface area contributed by atoms with Crippen LogP contribution in [0.2, 0.25) is 0 Å². The molecule has 0 aliphatic heterocycles. The van der Waals surface area contributed by atoms with Crippen molar-refractivity contribution in [2.24, 2.45) is 0 Å². The highest BCUT2D eigenvalue weighted by atomic mass is 19.4. The third kappa shape index (κ3) is 4.68. The third-order valence-corrected chi connectivity index (χ3v) is 4.07. The van der Waals surface area contributed by atoms with Gasteiger partial charge in [-0.2, -0.15) is 13.2 Å². The van der Waals surface area contributed by atoms with Crippen LogP contribution in [0.25, 0.3) is 21.9 Å². The summed E-state index contributed by atoms with van der Waals surface area (Å²) in [5.74, 6) is 0.394. The van der Waals surface area contributed by atoms with Crippen molar-refractivity contribution in [2.75, 3.05) is 19.8 Å². The number of fused-ring (bicyclic) bond motifs is 1. The maximum Gasteiger partial charge on any atom is 0.411 e. The van der Waals surface area contributed by atoms with Crippen LogP contribution >= 0.6 is 0 Å². The van der Waals surface area contributed by atoms with E-state index in [4.69, 9.17) is 4.74 Å². The maximum absolute atomic E-state index is 12.2. The number of hydrogen-bond donors (Lipinski definition) is 1. The Morgan fingerprint density at radius 3 is 2.52 bits per heavy atom. The standard InChI is InChI=1S/C20H18F3NO3/c1-13-4-2-3-5-15(13)18-11-24-19(25)17-10-14(6-7-16(17)18)27-9-8-26-12-20(21,22)23/h2-7,10-11H,8-9,12H2,1H3,(H,24,25). The molecule has 0 atom stereocenters. The van der Waals surface area contributed by atoms with E-state index in [-0.39, 0.29) is 18.8 Å². The van der Waals surface area contributed by atoms with Gasteiger partial charge < -0.3 is 14.5 Å². The van der Waals surface area contributed by atoms with Crippen LogP contribution in [0, 0.1) is 6.92 Å². The Morgan fingerprint density at radius 2 is 1.78 bits per heavy atom. The zero-order valence-corrected chi connectivity index (χ0v) is 14.6. The first kappa shape index (κ1) is 19.0. The summed E-state index contributed by atoms with van der Waals surface area (Å²) in [6, 6.07) is 12.9. The second-order valence-corrected chi connectivity index (χ2v) is 6.07. The normalized spacial score (nSPS) is 11.7. The van der Waals surface area contributed by atoms with Crippen molar-refractivity contribution < 1.29 is 22.6 Å². The van der Waals surface area contributed by atoms with E-state index < -0.39 is 12.8 Å². The van der Waals surface area contributed by atoms with Gasteiger partial charge in [-0.3, -0.25) is 4.79 Å². The molecule has 3 aromatic rings. The molecule has 0 unspecified atom stereocenters. The molecule has 0 radical (unpaired) electrons. The summed E-state index contributed by atoms with van der Waals surface area (Å²) in [5.41, 5.74) is 2.71. The Balaban J connectivity index is 1.81. The molecule has 0 spiro atoms. The van der Waals surface area contributed by atoms with Crippen molar-refractivity contribution in [3.8, 4) is 16.9 Å². The summed E-state index contributed by atoms with van der Waals surface area (Å²) < 4.78 is 46.0. The minimum Gasteiger partial charge on any atom is -0.491 e. The van der Waals surface area contributed by atoms with E-state index in [9.17, 15) is 18.0 Å². The summed E-state index contributed by atoms with van der Waals surface area (Å²) >= 11 is 0. The molecule has 27 heavy (non-hydrogen) atoms. The number of alkyl halides is 3. The van der Waals surface area contributed by atoms with Crippen LogP contribution in [-0.4, -0.2) is 31.0 Å². The zero-order chi connectivity index (χ0) is 19.4. The third-order valence-electron chi connectivity index (χ3n) is 4.07. The van der Waals surface area contributed by atoms with Gasteiger partial charge in [0, 0.05) is 11.8 Å². The predicted octanol–water partition coefficient (Wildman–Crippen LogP) is 4.46. The van der Waals surface area contributed by atoms with Gasteiger partial charge in [-0.25, -0.2) is 0 Å². The summed E-state index contributed by atoms with van der Waals surface area (Å²) in [6.07, 6.45) is -2.68. The Hall–Kier alpha value is -2.80. The van der Waals surface area contributed by atoms with Crippen LogP contribution in [0.4, 0.5) is 13.2 Å². The van der Waals surface area contributed by atoms with E-state index in [1.54, 1.807) is 24.4 Å². The van der Waals surface area contributed by atoms with Crippen LogP contribution in [0.5, 0.6) is 5.75 Å². The van der Waals surface area contributed by atoms with Gasteiger partial charge in [-0.1, -0.05) is 24.3 Å². The quantitative estimate of drug-likeness (QED) is 0.645. The van der Waals surface area contributed by atoms with Gasteiger partial charge >= 0.3 is 6.18 Å². The number of rotatable bonds is 6. The van der Waals surface area contributed by atoms with Crippen molar-refractivity contribution >= 4 is 10.8 Å². The molecule has 3 rings (SSSR count). The fraction of sp³-hybridized carbons (Fsp3) is 0.250. The lowest BCUT2D eigenvalue weighted by Crippen LogP contribution is -2.19. The number of halogens is 3. The van der Waals surface area contributed by atoms with Gasteiger partial charge in [0.15, 0.2) is 0 Å². The molecule has 0 saturated heterocycles. The highest BCUT2D eigenvalue weighted by molar-refractivity contribution is 5.96. The van der Waals surface area contributed by atoms with Crippen molar-refractivity contribution in [3.05, 3.63) is 64.6 Å². The Kier molecular flexibility index (Phi) is 5.51. The fourth-order valence-electron chi connectivity index (χ4n) is 2.83. The van der Waals surface area contributed by atoms with Crippen LogP contribution in [0.1, 0.15) is 5.56 Å². The average Bonchev–Trinajstić information content (AvgIpc) is 2.62. The molecule has 0 aliphatic rings. The predicted molar refractivity (Wildman–Crippen MR) is 97.1 cm³/mol. The number of pyridine rings is 1. The van der Waals surface area contributed by atoms with Crippen molar-refractivity contribution in [3.63, 3.8) is 0 Å². The van der Waals surface area contributed by atoms with Gasteiger partial charge in [0.05, 0.1) is 12.0 Å². The lowest BCUT2D eigenvalue weighted by molar-refractivity contribution is -0.175. The second-order valence-electron chi connectivity index (χ2n) is 6.07. The molecule has 1 aromatic heterocycles. The molecule has 1 heterocycles. The van der Waals surface area contributed by atoms with Crippen LogP contribution in [0.3, 0.4) is 0 Å². The fourth-order valence-corrected chi connectivity index (χ4v) is 2.83. The van der Waals surface area contributed by atoms with E-state index in [1.807, 2.05) is 31.2 Å². The van der Waals surface area contributed by atoms with Crippen molar-refractivity contribution in [1.29, 1.82) is 0 Å². The Bertz CT molecular complexity index is 996. The van der Waals surface area contributed by atoms with Gasteiger partial charge in [-0.05, 0) is 41.6 Å². The monoisotopic (exact) mass is 377 g/mol. The Morgan fingerprint density at radius 1 is 1.00 bits per heavy atom. The smallest absolute Gasteiger partial charge is 0.411 e. The van der Waals surface area contributed by atoms with E-state index in [0.29, 0.717) is 11.1 Å². The molecule has 0 bridgehead atoms. The molecule has 0 aliphatic carbocycles. The highest BCUT2D eigenvalue weighted by Gasteiger charge is 2.27. The van der Waals surface area contributed by atoms with E-state index >= 15 is 0 Å². The van der Waals surface area contributed by atoms with Crippen LogP contribution in [-0.2, 0) is 4.74 Å². The Labute approximate surface area is 153 Å². The molecule has 4 nitrogen and oxygen atoms in total. The minimum absolute atomic E-state index is 0.0447. The molecule has 0 amide bonds. The van der Waals surface area contributed by atoms with Crippen LogP contribution < -0.4 is 10.3 Å². The maximum atomic E-state index is 12.2. The second kappa shape index (κ2) is 7.84. The first-order chi connectivity index (χ1) is 12.8. The topological polar surface area (TPSA) is 51.3 Å². The molecule has 142 valence electrons. The molecule has 0 saturated carbocycles. The number of hydrogen-bond acceptors (Lipinski definition) is 3. The highest BCUT2D eigenvalue weighted by Crippen LogP contribution is 2.30. The number of aromatic amines is 1. The van der Waals surface area contributed by atoms with Gasteiger partial charge in [0.1, 0.15) is 19.0 Å². The molecule has 1 N–H and O–H groups in total. The van der Waals surface area contributed by atoms with E-state index in [2.05, 4.69) is 9.72 Å². The lowest BCUT2D eigenvalue weighted by Gasteiger charge is -2.12. The number of ether oxygens (including phenoxy) is 2. The summed E-state index contributed by atoms with van der Waals surface area (Å²) in [5, 5.41) is 1.22. The summed E-state index contributed by atoms with van der Waals surface area (Å²) in [7, 11) is 0. The lowest BCUT2D eigenvalue weighted by atomic mass is 9.97. The molecule has 0 fully saturated rings. The average molecular weight is 377 g/mol. The number of aryl methyl sites for hydroxylation is 1. The van der Waals surface area contributed by atoms with E-state index in [0.717, 1.165) is 22.1 Å². The van der Waals surface area contributed by atoms with Gasteiger partial charge in [0.2, 0.25) is 0 Å². The van der Waals surface area contributed by atoms with Crippen molar-refractivity contribution in [2.45, 2.75) is 13.1 Å². The van der Waals surface area contributed by atoms with Gasteiger partial charge in [0.25, 0.3) is 5.56 Å². The number of H-pyrrole nitrogens is 1. The number of aromatic nitrogens is 1. The molecule has 2 aromatic carbocycles.